The third-order valence-corrected chi connectivity index (χ3v) is 2.83. The van der Waals surface area contributed by atoms with Crippen LogP contribution in [0.4, 0.5) is 5.69 Å². The van der Waals surface area contributed by atoms with Crippen molar-refractivity contribution in [2.45, 2.75) is 19.3 Å². The molecule has 0 fully saturated rings. The molecule has 1 amide bonds. The first-order valence-electron chi connectivity index (χ1n) is 5.41. The van der Waals surface area contributed by atoms with Crippen LogP contribution in [0, 0.1) is 0 Å². The van der Waals surface area contributed by atoms with E-state index < -0.39 is 12.2 Å². The van der Waals surface area contributed by atoms with E-state index in [9.17, 15) is 4.79 Å². The second-order valence-corrected chi connectivity index (χ2v) is 4.24. The predicted octanol–water partition coefficient (Wildman–Crippen LogP) is 1.86. The SMILES string of the molecule is COC(OC)C(C)Nc1ccc(Cl)c(C(N)=O)c1. The average molecular weight is 273 g/mol. The van der Waals surface area contributed by atoms with E-state index in [1.165, 1.54) is 0 Å². The van der Waals surface area contributed by atoms with Gasteiger partial charge in [0.15, 0.2) is 6.29 Å². The minimum atomic E-state index is -0.564. The summed E-state index contributed by atoms with van der Waals surface area (Å²) in [6.45, 7) is 1.90. The molecule has 1 aromatic carbocycles. The summed E-state index contributed by atoms with van der Waals surface area (Å²) in [6.07, 6.45) is -0.391. The summed E-state index contributed by atoms with van der Waals surface area (Å²) in [6, 6.07) is 4.88. The molecule has 0 aliphatic heterocycles. The Hall–Kier alpha value is -1.30. The van der Waals surface area contributed by atoms with Crippen LogP contribution in [0.15, 0.2) is 18.2 Å². The Kier molecular flexibility index (Phi) is 5.40. The quantitative estimate of drug-likeness (QED) is 0.775. The van der Waals surface area contributed by atoms with E-state index >= 15 is 0 Å². The molecule has 0 radical (unpaired) electrons. The summed E-state index contributed by atoms with van der Waals surface area (Å²) in [5, 5.41) is 3.48. The number of hydrogen-bond donors (Lipinski definition) is 2. The topological polar surface area (TPSA) is 73.6 Å². The first kappa shape index (κ1) is 14.8. The third kappa shape index (κ3) is 3.60. The van der Waals surface area contributed by atoms with E-state index in [4.69, 9.17) is 26.8 Å². The maximum absolute atomic E-state index is 11.2. The maximum Gasteiger partial charge on any atom is 0.250 e. The van der Waals surface area contributed by atoms with E-state index in [0.717, 1.165) is 5.69 Å². The van der Waals surface area contributed by atoms with Crippen molar-refractivity contribution in [1.82, 2.24) is 0 Å². The summed E-state index contributed by atoms with van der Waals surface area (Å²) in [5.74, 6) is -0.564. The highest BCUT2D eigenvalue weighted by Crippen LogP contribution is 2.21. The number of ether oxygens (including phenoxy) is 2. The number of hydrogen-bond acceptors (Lipinski definition) is 4. The van der Waals surface area contributed by atoms with E-state index in [1.807, 2.05) is 6.92 Å². The summed E-state index contributed by atoms with van der Waals surface area (Å²) in [4.78, 5) is 11.2. The van der Waals surface area contributed by atoms with Crippen LogP contribution in [-0.4, -0.2) is 32.5 Å². The molecule has 0 saturated heterocycles. The largest absolute Gasteiger partial charge is 0.377 e. The number of nitrogens with one attached hydrogen (secondary N) is 1. The van der Waals surface area contributed by atoms with Gasteiger partial charge < -0.3 is 20.5 Å². The highest BCUT2D eigenvalue weighted by atomic mass is 35.5. The number of amides is 1. The molecule has 0 heterocycles. The van der Waals surface area contributed by atoms with Crippen LogP contribution in [0.2, 0.25) is 5.02 Å². The average Bonchev–Trinajstić information content (AvgIpc) is 2.32. The van der Waals surface area contributed by atoms with Gasteiger partial charge in [0.05, 0.1) is 16.6 Å². The van der Waals surface area contributed by atoms with Gasteiger partial charge in [-0.25, -0.2) is 0 Å². The van der Waals surface area contributed by atoms with E-state index in [2.05, 4.69) is 5.32 Å². The lowest BCUT2D eigenvalue weighted by atomic mass is 10.1. The summed E-state index contributed by atoms with van der Waals surface area (Å²) in [7, 11) is 3.12. The molecule has 0 aliphatic rings. The van der Waals surface area contributed by atoms with Gasteiger partial charge in [0.1, 0.15) is 0 Å². The molecule has 5 nitrogen and oxygen atoms in total. The number of nitrogens with two attached hydrogens (primary N) is 1. The van der Waals surface area contributed by atoms with Crippen molar-refractivity contribution in [1.29, 1.82) is 0 Å². The van der Waals surface area contributed by atoms with E-state index in [1.54, 1.807) is 32.4 Å². The zero-order chi connectivity index (χ0) is 13.7. The van der Waals surface area contributed by atoms with Gasteiger partial charge in [-0.05, 0) is 25.1 Å². The molecule has 1 unspecified atom stereocenters. The fraction of sp³-hybridized carbons (Fsp3) is 0.417. The van der Waals surface area contributed by atoms with Crippen LogP contribution in [0.1, 0.15) is 17.3 Å². The molecule has 3 N–H and O–H groups in total. The van der Waals surface area contributed by atoms with Crippen molar-refractivity contribution < 1.29 is 14.3 Å². The summed E-state index contributed by atoms with van der Waals surface area (Å²) < 4.78 is 10.3. The first-order valence-corrected chi connectivity index (χ1v) is 5.79. The molecule has 1 aromatic rings. The highest BCUT2D eigenvalue weighted by molar-refractivity contribution is 6.33. The second kappa shape index (κ2) is 6.58. The predicted molar refractivity (Wildman–Crippen MR) is 70.9 cm³/mol. The van der Waals surface area contributed by atoms with E-state index in [-0.39, 0.29) is 11.6 Å². The van der Waals surface area contributed by atoms with Crippen LogP contribution < -0.4 is 11.1 Å². The Balaban J connectivity index is 2.85. The number of methoxy groups -OCH3 is 2. The molecule has 1 rings (SSSR count). The standard InChI is InChI=1S/C12H17ClN2O3/c1-7(12(17-2)18-3)15-8-4-5-10(13)9(6-8)11(14)16/h4-7,12,15H,1-3H3,(H2,14,16). The van der Waals surface area contributed by atoms with Crippen molar-refractivity contribution in [3.8, 4) is 0 Å². The zero-order valence-corrected chi connectivity index (χ0v) is 11.3. The van der Waals surface area contributed by atoms with Gasteiger partial charge in [0.2, 0.25) is 5.91 Å². The monoisotopic (exact) mass is 272 g/mol. The molecule has 0 spiro atoms. The lowest BCUT2D eigenvalue weighted by Gasteiger charge is -2.23. The van der Waals surface area contributed by atoms with Crippen molar-refractivity contribution in [2.75, 3.05) is 19.5 Å². The molecular weight excluding hydrogens is 256 g/mol. The summed E-state index contributed by atoms with van der Waals surface area (Å²) >= 11 is 5.87. The third-order valence-electron chi connectivity index (χ3n) is 2.50. The Morgan fingerprint density at radius 1 is 1.39 bits per heavy atom. The number of anilines is 1. The second-order valence-electron chi connectivity index (χ2n) is 3.83. The van der Waals surface area contributed by atoms with E-state index in [0.29, 0.717) is 5.02 Å². The molecule has 6 heteroatoms. The molecule has 100 valence electrons. The van der Waals surface area contributed by atoms with Crippen LogP contribution >= 0.6 is 11.6 Å². The normalized spacial score (nSPS) is 12.5. The first-order chi connectivity index (χ1) is 8.49. The number of primary amides is 1. The van der Waals surface area contributed by atoms with Crippen LogP contribution in [0.5, 0.6) is 0 Å². The number of carbonyl (C=O) groups is 1. The van der Waals surface area contributed by atoms with Crippen LogP contribution in [0.3, 0.4) is 0 Å². The van der Waals surface area contributed by atoms with Crippen molar-refractivity contribution >= 4 is 23.2 Å². The maximum atomic E-state index is 11.2. The number of benzene rings is 1. The van der Waals surface area contributed by atoms with Crippen molar-refractivity contribution in [2.24, 2.45) is 5.73 Å². The fourth-order valence-electron chi connectivity index (χ4n) is 1.64. The van der Waals surface area contributed by atoms with Crippen molar-refractivity contribution in [3.05, 3.63) is 28.8 Å². The number of rotatable bonds is 6. The zero-order valence-electron chi connectivity index (χ0n) is 10.6. The van der Waals surface area contributed by atoms with Gasteiger partial charge in [0.25, 0.3) is 0 Å². The summed E-state index contributed by atoms with van der Waals surface area (Å²) in [5.41, 5.74) is 6.23. The van der Waals surface area contributed by atoms with Crippen molar-refractivity contribution in [3.63, 3.8) is 0 Å². The van der Waals surface area contributed by atoms with Crippen LogP contribution in [-0.2, 0) is 9.47 Å². The number of carbonyl (C=O) groups excluding carboxylic acids is 1. The Morgan fingerprint density at radius 3 is 2.50 bits per heavy atom. The van der Waals surface area contributed by atoms with Crippen LogP contribution in [0.25, 0.3) is 0 Å². The van der Waals surface area contributed by atoms with Gasteiger partial charge in [-0.2, -0.15) is 0 Å². The van der Waals surface area contributed by atoms with Gasteiger partial charge in [-0.3, -0.25) is 4.79 Å². The molecule has 0 aromatic heterocycles. The van der Waals surface area contributed by atoms with Gasteiger partial charge in [-0.1, -0.05) is 11.6 Å². The Labute approximate surface area is 111 Å². The molecule has 0 aliphatic carbocycles. The highest BCUT2D eigenvalue weighted by Gasteiger charge is 2.16. The lowest BCUT2D eigenvalue weighted by molar-refractivity contribution is -0.109. The lowest BCUT2D eigenvalue weighted by Crippen LogP contribution is -2.33. The molecule has 0 bridgehead atoms. The molecule has 0 saturated carbocycles. The smallest absolute Gasteiger partial charge is 0.250 e. The molecule has 18 heavy (non-hydrogen) atoms. The minimum Gasteiger partial charge on any atom is -0.377 e. The molecule has 1 atom stereocenters. The van der Waals surface area contributed by atoms with Gasteiger partial charge >= 0.3 is 0 Å². The van der Waals surface area contributed by atoms with Gasteiger partial charge in [-0.15, -0.1) is 0 Å². The Morgan fingerprint density at radius 2 is 2.00 bits per heavy atom. The number of halogens is 1. The Bertz CT molecular complexity index is 422. The van der Waals surface area contributed by atoms with Gasteiger partial charge in [0, 0.05) is 19.9 Å². The minimum absolute atomic E-state index is 0.0955. The fourth-order valence-corrected chi connectivity index (χ4v) is 1.85. The molecular formula is C12H17ClN2O3.